The second-order valence-corrected chi connectivity index (χ2v) is 7.32. The fourth-order valence-electron chi connectivity index (χ4n) is 2.84. The van der Waals surface area contributed by atoms with Gasteiger partial charge in [-0.25, -0.2) is 4.99 Å². The predicted molar refractivity (Wildman–Crippen MR) is 121 cm³/mol. The normalized spacial score (nSPS) is 11.6. The summed E-state index contributed by atoms with van der Waals surface area (Å²) in [6.45, 7) is 7.76. The molecule has 0 saturated heterocycles. The molecular formula is C22H36N6O3. The number of guanidine groups is 1. The van der Waals surface area contributed by atoms with Crippen molar-refractivity contribution in [1.29, 1.82) is 0 Å². The maximum atomic E-state index is 5.99. The van der Waals surface area contributed by atoms with E-state index in [-0.39, 0.29) is 0 Å². The van der Waals surface area contributed by atoms with Crippen LogP contribution in [0, 0.1) is 13.8 Å². The zero-order valence-electron chi connectivity index (χ0n) is 19.4. The van der Waals surface area contributed by atoms with Gasteiger partial charge in [0.2, 0.25) is 0 Å². The highest BCUT2D eigenvalue weighted by atomic mass is 16.5. The van der Waals surface area contributed by atoms with Crippen molar-refractivity contribution in [2.24, 2.45) is 12.0 Å². The van der Waals surface area contributed by atoms with Gasteiger partial charge in [-0.2, -0.15) is 0 Å². The molecule has 1 heterocycles. The van der Waals surface area contributed by atoms with Gasteiger partial charge in [0.1, 0.15) is 11.6 Å². The molecule has 2 N–H and O–H groups in total. The number of hydrogen-bond acceptors (Lipinski definition) is 6. The Morgan fingerprint density at radius 1 is 1.03 bits per heavy atom. The van der Waals surface area contributed by atoms with Crippen LogP contribution in [0.15, 0.2) is 23.2 Å². The SMILES string of the molecule is COCCCNC(=NCc1ccc(C)cc1OCCCOC)NCc1nnc(C)n1C. The third-order valence-electron chi connectivity index (χ3n) is 4.79. The van der Waals surface area contributed by atoms with Gasteiger partial charge in [0.05, 0.1) is 19.7 Å². The van der Waals surface area contributed by atoms with Gasteiger partial charge in [0.15, 0.2) is 11.8 Å². The number of nitrogens with zero attached hydrogens (tertiary/aromatic N) is 4. The summed E-state index contributed by atoms with van der Waals surface area (Å²) < 4.78 is 18.2. The van der Waals surface area contributed by atoms with Crippen molar-refractivity contribution < 1.29 is 14.2 Å². The van der Waals surface area contributed by atoms with E-state index in [0.29, 0.717) is 38.9 Å². The Kier molecular flexibility index (Phi) is 10.8. The van der Waals surface area contributed by atoms with E-state index in [1.54, 1.807) is 14.2 Å². The number of methoxy groups -OCH3 is 2. The van der Waals surface area contributed by atoms with Crippen LogP contribution in [0.1, 0.15) is 35.6 Å². The van der Waals surface area contributed by atoms with E-state index in [1.807, 2.05) is 18.5 Å². The average Bonchev–Trinajstić information content (AvgIpc) is 3.08. The Morgan fingerprint density at radius 2 is 1.81 bits per heavy atom. The molecule has 0 atom stereocenters. The number of aliphatic imine (C=N–C) groups is 1. The van der Waals surface area contributed by atoms with Crippen LogP contribution in [-0.2, 0) is 29.6 Å². The molecule has 0 saturated carbocycles. The first kappa shape index (κ1) is 24.6. The first-order valence-corrected chi connectivity index (χ1v) is 10.6. The minimum absolute atomic E-state index is 0.497. The van der Waals surface area contributed by atoms with E-state index in [9.17, 15) is 0 Å². The van der Waals surface area contributed by atoms with Crippen molar-refractivity contribution in [3.63, 3.8) is 0 Å². The van der Waals surface area contributed by atoms with E-state index < -0.39 is 0 Å². The molecule has 0 spiro atoms. The van der Waals surface area contributed by atoms with E-state index in [1.165, 1.54) is 0 Å². The molecule has 31 heavy (non-hydrogen) atoms. The molecular weight excluding hydrogens is 396 g/mol. The summed E-state index contributed by atoms with van der Waals surface area (Å²) in [7, 11) is 5.35. The van der Waals surface area contributed by atoms with Gasteiger partial charge in [-0.15, -0.1) is 10.2 Å². The number of aryl methyl sites for hydroxylation is 2. The third kappa shape index (κ3) is 8.55. The molecule has 0 amide bonds. The Hall–Kier alpha value is -2.65. The van der Waals surface area contributed by atoms with Crippen LogP contribution >= 0.6 is 0 Å². The largest absolute Gasteiger partial charge is 0.493 e. The van der Waals surface area contributed by atoms with Crippen LogP contribution in [0.5, 0.6) is 5.75 Å². The second kappa shape index (κ2) is 13.6. The standard InChI is InChI=1S/C22H36N6O3/c1-17-8-9-19(20(14-17)31-13-7-12-30-5)15-24-22(23-10-6-11-29-4)25-16-21-27-26-18(2)28(21)3/h8-9,14H,6-7,10-13,15-16H2,1-5H3,(H2,23,24,25). The lowest BCUT2D eigenvalue weighted by Gasteiger charge is -2.14. The van der Waals surface area contributed by atoms with Gasteiger partial charge in [-0.1, -0.05) is 12.1 Å². The van der Waals surface area contributed by atoms with Gasteiger partial charge >= 0.3 is 0 Å². The number of benzene rings is 1. The summed E-state index contributed by atoms with van der Waals surface area (Å²) >= 11 is 0. The van der Waals surface area contributed by atoms with Gasteiger partial charge in [-0.3, -0.25) is 0 Å². The average molecular weight is 433 g/mol. The first-order chi connectivity index (χ1) is 15.0. The number of ether oxygens (including phenoxy) is 3. The zero-order valence-corrected chi connectivity index (χ0v) is 19.4. The predicted octanol–water partition coefficient (Wildman–Crippen LogP) is 2.12. The molecule has 2 aromatic rings. The van der Waals surface area contributed by atoms with E-state index >= 15 is 0 Å². The second-order valence-electron chi connectivity index (χ2n) is 7.32. The lowest BCUT2D eigenvalue weighted by molar-refractivity contribution is 0.172. The molecule has 1 aromatic heterocycles. The number of hydrogen-bond donors (Lipinski definition) is 2. The highest BCUT2D eigenvalue weighted by molar-refractivity contribution is 5.79. The first-order valence-electron chi connectivity index (χ1n) is 10.6. The summed E-state index contributed by atoms with van der Waals surface area (Å²) in [5.74, 6) is 3.30. The van der Waals surface area contributed by atoms with Crippen LogP contribution in [0.3, 0.4) is 0 Å². The van der Waals surface area contributed by atoms with Gasteiger partial charge in [0.25, 0.3) is 0 Å². The number of rotatable bonds is 13. The fourth-order valence-corrected chi connectivity index (χ4v) is 2.84. The van der Waals surface area contributed by atoms with E-state index in [0.717, 1.165) is 47.9 Å². The van der Waals surface area contributed by atoms with Crippen LogP contribution < -0.4 is 15.4 Å². The maximum Gasteiger partial charge on any atom is 0.191 e. The minimum Gasteiger partial charge on any atom is -0.493 e. The molecule has 9 nitrogen and oxygen atoms in total. The third-order valence-corrected chi connectivity index (χ3v) is 4.79. The monoisotopic (exact) mass is 432 g/mol. The van der Waals surface area contributed by atoms with Gasteiger partial charge in [-0.05, 0) is 31.9 Å². The van der Waals surface area contributed by atoms with Gasteiger partial charge < -0.3 is 29.4 Å². The summed E-state index contributed by atoms with van der Waals surface area (Å²) in [6, 6.07) is 6.20. The van der Waals surface area contributed by atoms with Crippen molar-refractivity contribution in [1.82, 2.24) is 25.4 Å². The van der Waals surface area contributed by atoms with Gasteiger partial charge in [0, 0.05) is 53.0 Å². The fraction of sp³-hybridized carbons (Fsp3) is 0.591. The van der Waals surface area contributed by atoms with Crippen molar-refractivity contribution in [3.8, 4) is 5.75 Å². The summed E-state index contributed by atoms with van der Waals surface area (Å²) in [6.07, 6.45) is 1.73. The molecule has 2 rings (SSSR count). The van der Waals surface area contributed by atoms with Crippen molar-refractivity contribution in [3.05, 3.63) is 41.0 Å². The van der Waals surface area contributed by atoms with E-state index in [2.05, 4.69) is 46.0 Å². The van der Waals surface area contributed by atoms with Crippen LogP contribution in [0.25, 0.3) is 0 Å². The molecule has 0 unspecified atom stereocenters. The Balaban J connectivity index is 2.06. The lowest BCUT2D eigenvalue weighted by atomic mass is 10.1. The maximum absolute atomic E-state index is 5.99. The number of nitrogens with one attached hydrogen (secondary N) is 2. The van der Waals surface area contributed by atoms with E-state index in [4.69, 9.17) is 19.2 Å². The van der Waals surface area contributed by atoms with Crippen molar-refractivity contribution in [2.45, 2.75) is 39.8 Å². The van der Waals surface area contributed by atoms with Crippen LogP contribution in [0.4, 0.5) is 0 Å². The highest BCUT2D eigenvalue weighted by Gasteiger charge is 2.08. The topological polar surface area (TPSA) is 94.8 Å². The lowest BCUT2D eigenvalue weighted by Crippen LogP contribution is -2.38. The molecule has 0 aliphatic carbocycles. The Bertz CT molecular complexity index is 822. The van der Waals surface area contributed by atoms with Crippen molar-refractivity contribution in [2.75, 3.05) is 40.6 Å². The van der Waals surface area contributed by atoms with Crippen molar-refractivity contribution >= 4 is 5.96 Å². The molecule has 1 aromatic carbocycles. The summed E-state index contributed by atoms with van der Waals surface area (Å²) in [5.41, 5.74) is 2.19. The van der Waals surface area contributed by atoms with Crippen LogP contribution in [-0.4, -0.2) is 61.3 Å². The molecule has 0 aliphatic rings. The summed E-state index contributed by atoms with van der Waals surface area (Å²) in [4.78, 5) is 4.77. The molecule has 9 heteroatoms. The highest BCUT2D eigenvalue weighted by Crippen LogP contribution is 2.21. The molecule has 0 radical (unpaired) electrons. The summed E-state index contributed by atoms with van der Waals surface area (Å²) in [5, 5.41) is 15.0. The zero-order chi connectivity index (χ0) is 22.5. The Morgan fingerprint density at radius 3 is 2.52 bits per heavy atom. The quantitative estimate of drug-likeness (QED) is 0.284. The molecule has 172 valence electrons. The Labute approximate surface area is 185 Å². The van der Waals surface area contributed by atoms with Crippen LogP contribution in [0.2, 0.25) is 0 Å². The number of aromatic nitrogens is 3. The molecule has 0 bridgehead atoms. The molecule has 0 fully saturated rings. The smallest absolute Gasteiger partial charge is 0.191 e. The minimum atomic E-state index is 0.497. The molecule has 0 aliphatic heterocycles.